The molecule has 2 nitrogen and oxygen atoms in total. The highest BCUT2D eigenvalue weighted by atomic mass is 16.5. The van der Waals surface area contributed by atoms with Gasteiger partial charge in [-0.05, 0) is 38.5 Å². The van der Waals surface area contributed by atoms with E-state index in [9.17, 15) is 0 Å². The lowest BCUT2D eigenvalue weighted by molar-refractivity contribution is -0.660. The highest BCUT2D eigenvalue weighted by molar-refractivity contribution is 5.64. The number of pyridine rings is 1. The molecule has 0 saturated heterocycles. The molecular formula is C19H28NO+. The zero-order chi connectivity index (χ0) is 15.9. The van der Waals surface area contributed by atoms with Gasteiger partial charge in [0.1, 0.15) is 18.4 Å². The van der Waals surface area contributed by atoms with Gasteiger partial charge in [0.25, 0.3) is 0 Å². The summed E-state index contributed by atoms with van der Waals surface area (Å²) in [6.45, 7) is 10.4. The van der Waals surface area contributed by atoms with Crippen LogP contribution in [-0.2, 0) is 7.05 Å². The number of aryl methyl sites for hydroxylation is 1. The van der Waals surface area contributed by atoms with Crippen LogP contribution in [0.3, 0.4) is 0 Å². The molecule has 1 aromatic heterocycles. The summed E-state index contributed by atoms with van der Waals surface area (Å²) >= 11 is 0. The molecule has 0 aliphatic rings. The number of ether oxygens (including phenoxy) is 1. The van der Waals surface area contributed by atoms with Gasteiger partial charge in [-0.3, -0.25) is 0 Å². The molecule has 0 amide bonds. The molecule has 0 saturated carbocycles. The van der Waals surface area contributed by atoms with Gasteiger partial charge in [-0.25, -0.2) is 4.57 Å². The average molecular weight is 286 g/mol. The quantitative estimate of drug-likeness (QED) is 0.738. The lowest BCUT2D eigenvalue weighted by Gasteiger charge is -2.25. The molecule has 0 bridgehead atoms. The van der Waals surface area contributed by atoms with Gasteiger partial charge >= 0.3 is 0 Å². The highest BCUT2D eigenvalue weighted by Crippen LogP contribution is 2.31. The van der Waals surface area contributed by atoms with Crippen molar-refractivity contribution in [3.63, 3.8) is 0 Å². The van der Waals surface area contributed by atoms with Crippen LogP contribution in [0.25, 0.3) is 11.3 Å². The van der Waals surface area contributed by atoms with Crippen LogP contribution in [0, 0.1) is 0 Å². The van der Waals surface area contributed by atoms with Crippen molar-refractivity contribution in [2.75, 3.05) is 0 Å². The summed E-state index contributed by atoms with van der Waals surface area (Å²) < 4.78 is 8.29. The van der Waals surface area contributed by atoms with E-state index in [0.717, 1.165) is 23.4 Å². The van der Waals surface area contributed by atoms with E-state index in [4.69, 9.17) is 4.74 Å². The van der Waals surface area contributed by atoms with Gasteiger partial charge in [-0.2, -0.15) is 0 Å². The van der Waals surface area contributed by atoms with Crippen LogP contribution in [0.2, 0.25) is 0 Å². The summed E-state index contributed by atoms with van der Waals surface area (Å²) in [5.41, 5.74) is 2.14. The fourth-order valence-corrected chi connectivity index (χ4v) is 1.94. The Kier molecular flexibility index (Phi) is 6.41. The molecule has 0 N–H and O–H groups in total. The molecule has 0 atom stereocenters. The largest absolute Gasteiger partial charge is 0.487 e. The lowest BCUT2D eigenvalue weighted by atomic mass is 10.1. The van der Waals surface area contributed by atoms with Gasteiger partial charge in [-0.1, -0.05) is 32.9 Å². The van der Waals surface area contributed by atoms with Crippen molar-refractivity contribution in [3.05, 3.63) is 48.7 Å². The molecule has 0 aliphatic carbocycles. The van der Waals surface area contributed by atoms with Crippen molar-refractivity contribution >= 4 is 0 Å². The second-order valence-corrected chi connectivity index (χ2v) is 5.41. The molecule has 2 rings (SSSR count). The van der Waals surface area contributed by atoms with Crippen molar-refractivity contribution < 1.29 is 9.30 Å². The number of benzene rings is 1. The first kappa shape index (κ1) is 17.2. The normalized spacial score (nSPS) is 10.6. The summed E-state index contributed by atoms with van der Waals surface area (Å²) in [6, 6.07) is 14.4. The van der Waals surface area contributed by atoms with Gasteiger partial charge in [0.05, 0.1) is 5.56 Å². The standard InChI is InChI=1S/C17H22NO.C2H6/c1-5-17(2,3)19-16-12-7-6-10-14(16)15-11-8-9-13-18(15)4;1-2/h6-13H,5H2,1-4H3;1-2H3/q+1;. The highest BCUT2D eigenvalue weighted by Gasteiger charge is 2.21. The summed E-state index contributed by atoms with van der Waals surface area (Å²) in [7, 11) is 2.05. The van der Waals surface area contributed by atoms with E-state index in [2.05, 4.69) is 56.8 Å². The van der Waals surface area contributed by atoms with Gasteiger partial charge < -0.3 is 4.74 Å². The van der Waals surface area contributed by atoms with E-state index in [-0.39, 0.29) is 5.60 Å². The van der Waals surface area contributed by atoms with E-state index in [0.29, 0.717) is 0 Å². The van der Waals surface area contributed by atoms with Gasteiger partial charge in [0, 0.05) is 12.1 Å². The van der Waals surface area contributed by atoms with Crippen LogP contribution in [0.1, 0.15) is 41.0 Å². The second-order valence-electron chi connectivity index (χ2n) is 5.41. The lowest BCUT2D eigenvalue weighted by Crippen LogP contribution is -2.31. The monoisotopic (exact) mass is 286 g/mol. The number of nitrogens with zero attached hydrogens (tertiary/aromatic N) is 1. The fraction of sp³-hybridized carbons (Fsp3) is 0.421. The third-order valence-electron chi connectivity index (χ3n) is 3.46. The molecule has 0 spiro atoms. The minimum Gasteiger partial charge on any atom is -0.487 e. The van der Waals surface area contributed by atoms with Crippen LogP contribution in [0.5, 0.6) is 5.75 Å². The van der Waals surface area contributed by atoms with Crippen LogP contribution >= 0.6 is 0 Å². The van der Waals surface area contributed by atoms with Crippen molar-refractivity contribution in [1.82, 2.24) is 0 Å². The van der Waals surface area contributed by atoms with Gasteiger partial charge in [-0.15, -0.1) is 0 Å². The Morgan fingerprint density at radius 3 is 2.24 bits per heavy atom. The van der Waals surface area contributed by atoms with E-state index in [1.54, 1.807) is 0 Å². The SMILES string of the molecule is CC.CCC(C)(C)Oc1ccccc1-c1cccc[n+]1C. The van der Waals surface area contributed by atoms with Crippen LogP contribution in [-0.4, -0.2) is 5.60 Å². The molecule has 0 fully saturated rings. The second kappa shape index (κ2) is 7.82. The minimum absolute atomic E-state index is 0.149. The van der Waals surface area contributed by atoms with E-state index < -0.39 is 0 Å². The molecule has 114 valence electrons. The molecule has 1 aromatic carbocycles. The molecule has 0 radical (unpaired) electrons. The van der Waals surface area contributed by atoms with Gasteiger partial charge in [0.2, 0.25) is 5.69 Å². The summed E-state index contributed by atoms with van der Waals surface area (Å²) in [5, 5.41) is 0. The molecule has 1 heterocycles. The number of para-hydroxylation sites is 1. The Bertz CT molecular complexity index is 561. The van der Waals surface area contributed by atoms with Crippen LogP contribution in [0.15, 0.2) is 48.7 Å². The van der Waals surface area contributed by atoms with Crippen molar-refractivity contribution in [2.45, 2.75) is 46.6 Å². The Morgan fingerprint density at radius 1 is 1.00 bits per heavy atom. The van der Waals surface area contributed by atoms with Crippen molar-refractivity contribution in [3.8, 4) is 17.0 Å². The number of rotatable bonds is 4. The first-order valence-electron chi connectivity index (χ1n) is 7.76. The molecule has 2 heteroatoms. The maximum Gasteiger partial charge on any atom is 0.216 e. The van der Waals surface area contributed by atoms with E-state index >= 15 is 0 Å². The van der Waals surface area contributed by atoms with Crippen LogP contribution in [0.4, 0.5) is 0 Å². The zero-order valence-electron chi connectivity index (χ0n) is 14.2. The number of hydrogen-bond acceptors (Lipinski definition) is 1. The maximum absolute atomic E-state index is 6.18. The van der Waals surface area contributed by atoms with Crippen molar-refractivity contribution in [1.29, 1.82) is 0 Å². The predicted octanol–water partition coefficient (Wildman–Crippen LogP) is 4.77. The molecular weight excluding hydrogens is 258 g/mol. The Labute approximate surface area is 129 Å². The maximum atomic E-state index is 6.18. The third-order valence-corrected chi connectivity index (χ3v) is 3.46. The number of hydrogen-bond donors (Lipinski definition) is 0. The summed E-state index contributed by atoms with van der Waals surface area (Å²) in [6.07, 6.45) is 3.03. The van der Waals surface area contributed by atoms with Crippen molar-refractivity contribution in [2.24, 2.45) is 7.05 Å². The number of aromatic nitrogens is 1. The summed E-state index contributed by atoms with van der Waals surface area (Å²) in [4.78, 5) is 0. The van der Waals surface area contributed by atoms with Gasteiger partial charge in [0.15, 0.2) is 6.20 Å². The zero-order valence-corrected chi connectivity index (χ0v) is 14.2. The van der Waals surface area contributed by atoms with E-state index in [1.165, 1.54) is 0 Å². The van der Waals surface area contributed by atoms with E-state index in [1.807, 2.05) is 38.1 Å². The first-order valence-corrected chi connectivity index (χ1v) is 7.76. The first-order chi connectivity index (χ1) is 10.0. The Morgan fingerprint density at radius 2 is 1.62 bits per heavy atom. The Hall–Kier alpha value is -1.83. The van der Waals surface area contributed by atoms with Crippen LogP contribution < -0.4 is 9.30 Å². The predicted molar refractivity (Wildman–Crippen MR) is 89.4 cm³/mol. The summed E-state index contributed by atoms with van der Waals surface area (Å²) in [5.74, 6) is 0.941. The molecule has 2 aromatic rings. The molecule has 0 unspecified atom stereocenters. The topological polar surface area (TPSA) is 13.1 Å². The smallest absolute Gasteiger partial charge is 0.216 e. The average Bonchev–Trinajstić information content (AvgIpc) is 2.50. The fourth-order valence-electron chi connectivity index (χ4n) is 1.94. The third kappa shape index (κ3) is 4.59. The Balaban J connectivity index is 0.00000106. The molecule has 0 aliphatic heterocycles. The molecule has 21 heavy (non-hydrogen) atoms. The minimum atomic E-state index is -0.149.